The third-order valence-electron chi connectivity index (χ3n) is 3.40. The number of rotatable bonds is 6. The van der Waals surface area contributed by atoms with Crippen LogP contribution in [0.3, 0.4) is 0 Å². The third kappa shape index (κ3) is 3.67. The molecule has 3 nitrogen and oxygen atoms in total. The number of phenols is 1. The largest absolute Gasteiger partial charge is 0.508 e. The second-order valence-corrected chi connectivity index (χ2v) is 4.74. The molecule has 0 radical (unpaired) electrons. The van der Waals surface area contributed by atoms with Gasteiger partial charge in [0.1, 0.15) is 5.75 Å². The van der Waals surface area contributed by atoms with E-state index in [1.54, 1.807) is 12.1 Å². The molecule has 106 valence electrons. The zero-order valence-electron chi connectivity index (χ0n) is 12.1. The molecule has 0 spiro atoms. The van der Waals surface area contributed by atoms with Crippen LogP contribution in [0.1, 0.15) is 19.4 Å². The lowest BCUT2D eigenvalue weighted by Gasteiger charge is -2.21. The zero-order chi connectivity index (χ0) is 14.4. The van der Waals surface area contributed by atoms with Gasteiger partial charge in [-0.2, -0.15) is 0 Å². The number of benzene rings is 2. The van der Waals surface area contributed by atoms with Gasteiger partial charge in [0.05, 0.1) is 0 Å². The van der Waals surface area contributed by atoms with Gasteiger partial charge in [0, 0.05) is 31.0 Å². The summed E-state index contributed by atoms with van der Waals surface area (Å²) in [5.74, 6) is 0.307. The van der Waals surface area contributed by atoms with Crippen molar-refractivity contribution in [1.29, 1.82) is 0 Å². The van der Waals surface area contributed by atoms with Gasteiger partial charge in [-0.1, -0.05) is 12.1 Å². The topological polar surface area (TPSA) is 35.5 Å². The standard InChI is InChI=1S/C17H22N2O/c1-3-19(4-2)16-10-8-15(9-11-16)18-13-14-6-5-7-17(20)12-14/h5-12,18,20H,3-4,13H2,1-2H3. The molecule has 20 heavy (non-hydrogen) atoms. The van der Waals surface area contributed by atoms with Crippen LogP contribution in [-0.4, -0.2) is 18.2 Å². The number of phenolic OH excluding ortho intramolecular Hbond substituents is 1. The summed E-state index contributed by atoms with van der Waals surface area (Å²) in [4.78, 5) is 2.32. The van der Waals surface area contributed by atoms with Crippen molar-refractivity contribution < 1.29 is 5.11 Å². The maximum absolute atomic E-state index is 9.43. The Morgan fingerprint density at radius 1 is 1.00 bits per heavy atom. The Balaban J connectivity index is 1.97. The fourth-order valence-electron chi connectivity index (χ4n) is 2.25. The minimum absolute atomic E-state index is 0.307. The summed E-state index contributed by atoms with van der Waals surface area (Å²) >= 11 is 0. The van der Waals surface area contributed by atoms with Crippen molar-refractivity contribution in [2.75, 3.05) is 23.3 Å². The Morgan fingerprint density at radius 2 is 1.70 bits per heavy atom. The van der Waals surface area contributed by atoms with Crippen LogP contribution >= 0.6 is 0 Å². The fourth-order valence-corrected chi connectivity index (χ4v) is 2.25. The normalized spacial score (nSPS) is 10.3. The first kappa shape index (κ1) is 14.3. The minimum Gasteiger partial charge on any atom is -0.508 e. The minimum atomic E-state index is 0.307. The molecule has 0 aromatic heterocycles. The van der Waals surface area contributed by atoms with E-state index in [9.17, 15) is 5.11 Å². The molecule has 0 heterocycles. The highest BCUT2D eigenvalue weighted by Crippen LogP contribution is 2.19. The molecule has 0 saturated heterocycles. The lowest BCUT2D eigenvalue weighted by atomic mass is 10.2. The van der Waals surface area contributed by atoms with Crippen LogP contribution in [-0.2, 0) is 6.54 Å². The SMILES string of the molecule is CCN(CC)c1ccc(NCc2cccc(O)c2)cc1. The van der Waals surface area contributed by atoms with E-state index < -0.39 is 0 Å². The second-order valence-electron chi connectivity index (χ2n) is 4.74. The first-order valence-electron chi connectivity index (χ1n) is 7.09. The van der Waals surface area contributed by atoms with Crippen LogP contribution in [0.15, 0.2) is 48.5 Å². The molecule has 2 rings (SSSR count). The molecule has 0 saturated carbocycles. The molecule has 0 aliphatic rings. The molecule has 2 aromatic carbocycles. The summed E-state index contributed by atoms with van der Waals surface area (Å²) < 4.78 is 0. The first-order valence-corrected chi connectivity index (χ1v) is 7.09. The average molecular weight is 270 g/mol. The Hall–Kier alpha value is -2.16. The molecule has 0 unspecified atom stereocenters. The van der Waals surface area contributed by atoms with Crippen molar-refractivity contribution in [3.63, 3.8) is 0 Å². The maximum atomic E-state index is 9.43. The number of hydrogen-bond acceptors (Lipinski definition) is 3. The average Bonchev–Trinajstić information content (AvgIpc) is 2.48. The molecule has 3 heteroatoms. The molecular weight excluding hydrogens is 248 g/mol. The van der Waals surface area contributed by atoms with Gasteiger partial charge in [0.2, 0.25) is 0 Å². The summed E-state index contributed by atoms with van der Waals surface area (Å²) in [6, 6.07) is 15.8. The van der Waals surface area contributed by atoms with Crippen molar-refractivity contribution in [2.24, 2.45) is 0 Å². The quantitative estimate of drug-likeness (QED) is 0.837. The van der Waals surface area contributed by atoms with Gasteiger partial charge in [-0.05, 0) is 55.8 Å². The summed E-state index contributed by atoms with van der Waals surface area (Å²) in [7, 11) is 0. The Kier molecular flexibility index (Phi) is 4.88. The van der Waals surface area contributed by atoms with Crippen molar-refractivity contribution in [3.8, 4) is 5.75 Å². The van der Waals surface area contributed by atoms with E-state index in [2.05, 4.69) is 48.3 Å². The number of hydrogen-bond donors (Lipinski definition) is 2. The highest BCUT2D eigenvalue weighted by molar-refractivity contribution is 5.55. The molecule has 0 fully saturated rings. The van der Waals surface area contributed by atoms with Crippen molar-refractivity contribution in [3.05, 3.63) is 54.1 Å². The van der Waals surface area contributed by atoms with Gasteiger partial charge in [-0.3, -0.25) is 0 Å². The Bertz CT molecular complexity index is 533. The molecule has 0 bridgehead atoms. The predicted octanol–water partition coefficient (Wildman–Crippen LogP) is 3.85. The summed E-state index contributed by atoms with van der Waals surface area (Å²) in [6.07, 6.45) is 0. The van der Waals surface area contributed by atoms with Gasteiger partial charge >= 0.3 is 0 Å². The van der Waals surface area contributed by atoms with Crippen LogP contribution in [0.5, 0.6) is 5.75 Å². The zero-order valence-corrected chi connectivity index (χ0v) is 12.1. The van der Waals surface area contributed by atoms with Gasteiger partial charge in [0.15, 0.2) is 0 Å². The van der Waals surface area contributed by atoms with Crippen LogP contribution in [0.2, 0.25) is 0 Å². The van der Waals surface area contributed by atoms with Crippen LogP contribution in [0.4, 0.5) is 11.4 Å². The molecule has 0 aliphatic heterocycles. The van der Waals surface area contributed by atoms with E-state index in [1.165, 1.54) is 5.69 Å². The monoisotopic (exact) mass is 270 g/mol. The molecule has 2 N–H and O–H groups in total. The molecule has 0 amide bonds. The predicted molar refractivity (Wildman–Crippen MR) is 85.4 cm³/mol. The highest BCUT2D eigenvalue weighted by Gasteiger charge is 2.01. The number of nitrogens with one attached hydrogen (secondary N) is 1. The van der Waals surface area contributed by atoms with Crippen LogP contribution in [0, 0.1) is 0 Å². The van der Waals surface area contributed by atoms with Gasteiger partial charge < -0.3 is 15.3 Å². The van der Waals surface area contributed by atoms with Crippen molar-refractivity contribution in [1.82, 2.24) is 0 Å². The van der Waals surface area contributed by atoms with Crippen LogP contribution in [0.25, 0.3) is 0 Å². The van der Waals surface area contributed by atoms with Crippen molar-refractivity contribution in [2.45, 2.75) is 20.4 Å². The smallest absolute Gasteiger partial charge is 0.115 e. The lowest BCUT2D eigenvalue weighted by Crippen LogP contribution is -2.21. The van der Waals surface area contributed by atoms with E-state index in [-0.39, 0.29) is 0 Å². The molecule has 0 atom stereocenters. The lowest BCUT2D eigenvalue weighted by molar-refractivity contribution is 0.474. The van der Waals surface area contributed by atoms with Crippen LogP contribution < -0.4 is 10.2 Å². The maximum Gasteiger partial charge on any atom is 0.115 e. The summed E-state index contributed by atoms with van der Waals surface area (Å²) in [5, 5.41) is 12.8. The number of aromatic hydroxyl groups is 1. The highest BCUT2D eigenvalue weighted by atomic mass is 16.3. The van der Waals surface area contributed by atoms with E-state index in [0.29, 0.717) is 12.3 Å². The molecule has 2 aromatic rings. The van der Waals surface area contributed by atoms with Gasteiger partial charge in [0.25, 0.3) is 0 Å². The molecule has 0 aliphatic carbocycles. The Labute approximate surface area is 120 Å². The number of anilines is 2. The second kappa shape index (κ2) is 6.85. The molecular formula is C17H22N2O. The van der Waals surface area contributed by atoms with E-state index in [4.69, 9.17) is 0 Å². The van der Waals surface area contributed by atoms with Gasteiger partial charge in [-0.15, -0.1) is 0 Å². The van der Waals surface area contributed by atoms with E-state index in [0.717, 1.165) is 24.3 Å². The Morgan fingerprint density at radius 3 is 2.30 bits per heavy atom. The number of nitrogens with zero attached hydrogens (tertiary/aromatic N) is 1. The van der Waals surface area contributed by atoms with E-state index >= 15 is 0 Å². The summed E-state index contributed by atoms with van der Waals surface area (Å²) in [5.41, 5.74) is 3.40. The van der Waals surface area contributed by atoms with E-state index in [1.807, 2.05) is 12.1 Å². The first-order chi connectivity index (χ1) is 9.72. The third-order valence-corrected chi connectivity index (χ3v) is 3.40. The van der Waals surface area contributed by atoms with Crippen molar-refractivity contribution >= 4 is 11.4 Å². The summed E-state index contributed by atoms with van der Waals surface area (Å²) in [6.45, 7) is 7.08. The fraction of sp³-hybridized carbons (Fsp3) is 0.294. The van der Waals surface area contributed by atoms with Gasteiger partial charge in [-0.25, -0.2) is 0 Å².